The smallest absolute Gasteiger partial charge is 0.0237 e. The van der Waals surface area contributed by atoms with Gasteiger partial charge in [-0.25, -0.2) is 0 Å². The zero-order valence-corrected chi connectivity index (χ0v) is 13.8. The molecule has 0 N–H and O–H groups in total. The van der Waals surface area contributed by atoms with Gasteiger partial charge in [0, 0.05) is 38.3 Å². The summed E-state index contributed by atoms with van der Waals surface area (Å²) in [7, 11) is 4.24. The third-order valence-electron chi connectivity index (χ3n) is 4.97. The Bertz CT molecular complexity index is 454. The van der Waals surface area contributed by atoms with E-state index in [1.54, 1.807) is 0 Å². The standard InChI is InChI=1S/C18H29N3/c1-15-11-20-10-4-5-18(20)14-21(15)13-17-8-6-16(7-9-17)12-19(2)3/h6-9,15,18H,4-5,10-14H2,1-3H3/t15-,18+/m0/s1. The van der Waals surface area contributed by atoms with Crippen molar-refractivity contribution in [2.45, 2.75) is 44.9 Å². The van der Waals surface area contributed by atoms with Crippen LogP contribution in [0.3, 0.4) is 0 Å². The maximum atomic E-state index is 2.70. The van der Waals surface area contributed by atoms with Gasteiger partial charge in [0.2, 0.25) is 0 Å². The number of fused-ring (bicyclic) bond motifs is 1. The summed E-state index contributed by atoms with van der Waals surface area (Å²) < 4.78 is 0. The first-order chi connectivity index (χ1) is 10.1. The topological polar surface area (TPSA) is 9.72 Å². The van der Waals surface area contributed by atoms with Gasteiger partial charge in [-0.2, -0.15) is 0 Å². The summed E-state index contributed by atoms with van der Waals surface area (Å²) in [4.78, 5) is 7.59. The van der Waals surface area contributed by atoms with E-state index in [9.17, 15) is 0 Å². The van der Waals surface area contributed by atoms with E-state index >= 15 is 0 Å². The van der Waals surface area contributed by atoms with Gasteiger partial charge in [-0.3, -0.25) is 9.80 Å². The highest BCUT2D eigenvalue weighted by molar-refractivity contribution is 5.22. The van der Waals surface area contributed by atoms with Crippen LogP contribution in [0.15, 0.2) is 24.3 Å². The van der Waals surface area contributed by atoms with E-state index in [1.807, 2.05) is 0 Å². The molecule has 0 spiro atoms. The van der Waals surface area contributed by atoms with Gasteiger partial charge in [0.1, 0.15) is 0 Å². The van der Waals surface area contributed by atoms with Gasteiger partial charge in [-0.05, 0) is 51.5 Å². The largest absolute Gasteiger partial charge is 0.305 e. The Hall–Kier alpha value is -0.900. The minimum absolute atomic E-state index is 0.681. The monoisotopic (exact) mass is 287 g/mol. The molecule has 3 rings (SSSR count). The third-order valence-corrected chi connectivity index (χ3v) is 4.97. The first kappa shape index (κ1) is 15.0. The van der Waals surface area contributed by atoms with Crippen molar-refractivity contribution in [2.24, 2.45) is 0 Å². The molecule has 0 aliphatic carbocycles. The van der Waals surface area contributed by atoms with Crippen LogP contribution in [0.1, 0.15) is 30.9 Å². The Balaban J connectivity index is 1.60. The van der Waals surface area contributed by atoms with Crippen LogP contribution in [0.25, 0.3) is 0 Å². The molecule has 3 heteroatoms. The van der Waals surface area contributed by atoms with Crippen molar-refractivity contribution in [3.05, 3.63) is 35.4 Å². The summed E-state index contributed by atoms with van der Waals surface area (Å²) >= 11 is 0. The second-order valence-corrected chi connectivity index (χ2v) is 7.12. The second-order valence-electron chi connectivity index (χ2n) is 7.12. The highest BCUT2D eigenvalue weighted by atomic mass is 15.3. The minimum atomic E-state index is 0.681. The van der Waals surface area contributed by atoms with Crippen molar-refractivity contribution >= 4 is 0 Å². The Morgan fingerprint density at radius 1 is 1.10 bits per heavy atom. The van der Waals surface area contributed by atoms with Crippen LogP contribution >= 0.6 is 0 Å². The summed E-state index contributed by atoms with van der Waals surface area (Å²) in [6.45, 7) is 8.34. The molecule has 2 aliphatic heterocycles. The lowest BCUT2D eigenvalue weighted by atomic mass is 10.1. The lowest BCUT2D eigenvalue weighted by Gasteiger charge is -2.42. The average Bonchev–Trinajstić information content (AvgIpc) is 2.88. The van der Waals surface area contributed by atoms with Crippen LogP contribution in [0.5, 0.6) is 0 Å². The molecular formula is C18H29N3. The highest BCUT2D eigenvalue weighted by Crippen LogP contribution is 2.25. The molecular weight excluding hydrogens is 258 g/mol. The van der Waals surface area contributed by atoms with E-state index in [-0.39, 0.29) is 0 Å². The molecule has 2 fully saturated rings. The summed E-state index contributed by atoms with van der Waals surface area (Å²) in [5.41, 5.74) is 2.85. The van der Waals surface area contributed by atoms with Crippen LogP contribution in [0.2, 0.25) is 0 Å². The summed E-state index contributed by atoms with van der Waals surface area (Å²) in [6, 6.07) is 10.7. The predicted octanol–water partition coefficient (Wildman–Crippen LogP) is 2.42. The van der Waals surface area contributed by atoms with Crippen LogP contribution in [0, 0.1) is 0 Å². The molecule has 2 atom stereocenters. The number of benzene rings is 1. The molecule has 0 aromatic heterocycles. The fourth-order valence-electron chi connectivity index (χ4n) is 3.82. The van der Waals surface area contributed by atoms with E-state index in [1.165, 1.54) is 43.6 Å². The van der Waals surface area contributed by atoms with Crippen molar-refractivity contribution in [1.82, 2.24) is 14.7 Å². The van der Waals surface area contributed by atoms with Crippen molar-refractivity contribution in [1.29, 1.82) is 0 Å². The highest BCUT2D eigenvalue weighted by Gasteiger charge is 2.34. The quantitative estimate of drug-likeness (QED) is 0.842. The van der Waals surface area contributed by atoms with Gasteiger partial charge in [-0.1, -0.05) is 24.3 Å². The SMILES string of the molecule is C[C@H]1CN2CCC[C@@H]2CN1Cc1ccc(CN(C)C)cc1. The van der Waals surface area contributed by atoms with Crippen LogP contribution in [-0.2, 0) is 13.1 Å². The van der Waals surface area contributed by atoms with E-state index in [0.717, 1.165) is 19.1 Å². The molecule has 0 unspecified atom stereocenters. The van der Waals surface area contributed by atoms with Gasteiger partial charge in [0.25, 0.3) is 0 Å². The Kier molecular flexibility index (Phi) is 4.63. The van der Waals surface area contributed by atoms with Crippen molar-refractivity contribution < 1.29 is 0 Å². The van der Waals surface area contributed by atoms with Crippen LogP contribution in [0.4, 0.5) is 0 Å². The number of rotatable bonds is 4. The molecule has 1 aromatic carbocycles. The Morgan fingerprint density at radius 3 is 2.52 bits per heavy atom. The second kappa shape index (κ2) is 6.47. The number of hydrogen-bond donors (Lipinski definition) is 0. The zero-order chi connectivity index (χ0) is 14.8. The van der Waals surface area contributed by atoms with Crippen molar-refractivity contribution in [3.8, 4) is 0 Å². The lowest BCUT2D eigenvalue weighted by molar-refractivity contribution is 0.0540. The molecule has 1 aromatic rings. The average molecular weight is 287 g/mol. The Labute approximate surface area is 129 Å². The van der Waals surface area contributed by atoms with Gasteiger partial charge < -0.3 is 4.90 Å². The lowest BCUT2D eigenvalue weighted by Crippen LogP contribution is -2.54. The van der Waals surface area contributed by atoms with Crippen molar-refractivity contribution in [2.75, 3.05) is 33.7 Å². The minimum Gasteiger partial charge on any atom is -0.305 e. The van der Waals surface area contributed by atoms with Crippen LogP contribution in [-0.4, -0.2) is 60.5 Å². The maximum absolute atomic E-state index is 2.70. The normalized spacial score (nSPS) is 27.2. The fourth-order valence-corrected chi connectivity index (χ4v) is 3.82. The first-order valence-corrected chi connectivity index (χ1v) is 8.32. The van der Waals surface area contributed by atoms with Gasteiger partial charge in [0.05, 0.1) is 0 Å². The molecule has 0 saturated carbocycles. The molecule has 116 valence electrons. The van der Waals surface area contributed by atoms with E-state index < -0.39 is 0 Å². The van der Waals surface area contributed by atoms with Crippen molar-refractivity contribution in [3.63, 3.8) is 0 Å². The third kappa shape index (κ3) is 3.65. The molecule has 2 saturated heterocycles. The van der Waals surface area contributed by atoms with Gasteiger partial charge in [0.15, 0.2) is 0 Å². The Morgan fingerprint density at radius 2 is 1.81 bits per heavy atom. The molecule has 0 bridgehead atoms. The van der Waals surface area contributed by atoms with E-state index in [4.69, 9.17) is 0 Å². The van der Waals surface area contributed by atoms with E-state index in [2.05, 4.69) is 60.0 Å². The van der Waals surface area contributed by atoms with E-state index in [0.29, 0.717) is 6.04 Å². The van der Waals surface area contributed by atoms with Gasteiger partial charge >= 0.3 is 0 Å². The summed E-state index contributed by atoms with van der Waals surface area (Å²) in [5, 5.41) is 0. The predicted molar refractivity (Wildman–Crippen MR) is 88.3 cm³/mol. The molecule has 0 amide bonds. The molecule has 21 heavy (non-hydrogen) atoms. The molecule has 2 heterocycles. The number of hydrogen-bond acceptors (Lipinski definition) is 3. The maximum Gasteiger partial charge on any atom is 0.0237 e. The molecule has 0 radical (unpaired) electrons. The summed E-state index contributed by atoms with van der Waals surface area (Å²) in [6.07, 6.45) is 2.79. The summed E-state index contributed by atoms with van der Waals surface area (Å²) in [5.74, 6) is 0. The zero-order valence-electron chi connectivity index (χ0n) is 13.8. The van der Waals surface area contributed by atoms with Crippen LogP contribution < -0.4 is 0 Å². The molecule has 2 aliphatic rings. The number of nitrogens with zero attached hydrogens (tertiary/aromatic N) is 3. The van der Waals surface area contributed by atoms with Gasteiger partial charge in [-0.15, -0.1) is 0 Å². The molecule has 3 nitrogen and oxygen atoms in total. The fraction of sp³-hybridized carbons (Fsp3) is 0.667. The first-order valence-electron chi connectivity index (χ1n) is 8.32. The number of piperazine rings is 1.